The molecule has 1 aromatic rings. The zero-order chi connectivity index (χ0) is 19.3. The first-order valence-corrected chi connectivity index (χ1v) is 9.47. The lowest BCUT2D eigenvalue weighted by atomic mass is 10.0. The maximum absolute atomic E-state index is 12.9. The van der Waals surface area contributed by atoms with Crippen LogP contribution < -0.4 is 5.32 Å². The van der Waals surface area contributed by atoms with Crippen LogP contribution in [0.25, 0.3) is 0 Å². The van der Waals surface area contributed by atoms with Crippen molar-refractivity contribution in [2.75, 3.05) is 39.3 Å². The van der Waals surface area contributed by atoms with Crippen LogP contribution in [0.5, 0.6) is 0 Å². The number of benzene rings is 1. The number of halogens is 2. The van der Waals surface area contributed by atoms with Crippen molar-refractivity contribution in [3.05, 3.63) is 33.8 Å². The largest absolute Gasteiger partial charge is 0.395 e. The lowest BCUT2D eigenvalue weighted by Crippen LogP contribution is -2.56. The summed E-state index contributed by atoms with van der Waals surface area (Å²) in [5, 5.41) is 12.5. The van der Waals surface area contributed by atoms with Gasteiger partial charge in [0.25, 0.3) is 5.91 Å². The number of carbonyl (C=O) groups is 2. The lowest BCUT2D eigenvalue weighted by Gasteiger charge is -2.37. The van der Waals surface area contributed by atoms with Gasteiger partial charge in [-0.15, -0.1) is 0 Å². The smallest absolute Gasteiger partial charge is 0.253 e. The van der Waals surface area contributed by atoms with Crippen molar-refractivity contribution in [3.63, 3.8) is 0 Å². The second kappa shape index (κ2) is 9.55. The Kier molecular flexibility index (Phi) is 7.70. The van der Waals surface area contributed by atoms with Crippen molar-refractivity contribution in [3.8, 4) is 0 Å². The quantitative estimate of drug-likeness (QED) is 0.762. The Bertz CT molecular complexity index is 647. The summed E-state index contributed by atoms with van der Waals surface area (Å²) in [4.78, 5) is 29.3. The monoisotopic (exact) mass is 401 g/mol. The van der Waals surface area contributed by atoms with Gasteiger partial charge in [0.2, 0.25) is 5.91 Å². The predicted octanol–water partition coefficient (Wildman–Crippen LogP) is 1.88. The molecule has 26 heavy (non-hydrogen) atoms. The molecule has 8 heteroatoms. The zero-order valence-electron chi connectivity index (χ0n) is 15.0. The van der Waals surface area contributed by atoms with Gasteiger partial charge in [-0.3, -0.25) is 14.5 Å². The molecule has 1 heterocycles. The number of nitrogens with zero attached hydrogens (tertiary/aromatic N) is 2. The van der Waals surface area contributed by atoms with Crippen LogP contribution in [0, 0.1) is 5.92 Å². The van der Waals surface area contributed by atoms with Gasteiger partial charge >= 0.3 is 0 Å². The van der Waals surface area contributed by atoms with Crippen LogP contribution in [-0.4, -0.2) is 72.1 Å². The molecule has 0 saturated carbocycles. The molecule has 144 valence electrons. The van der Waals surface area contributed by atoms with E-state index in [4.69, 9.17) is 28.3 Å². The predicted molar refractivity (Wildman–Crippen MR) is 103 cm³/mol. The minimum atomic E-state index is -0.626. The van der Waals surface area contributed by atoms with Crippen molar-refractivity contribution in [2.45, 2.75) is 19.9 Å². The lowest BCUT2D eigenvalue weighted by molar-refractivity contribution is -0.136. The molecular formula is C18H25Cl2N3O3. The van der Waals surface area contributed by atoms with E-state index in [-0.39, 0.29) is 23.5 Å². The number of rotatable bonds is 6. The van der Waals surface area contributed by atoms with Crippen LogP contribution >= 0.6 is 23.2 Å². The van der Waals surface area contributed by atoms with Gasteiger partial charge in [-0.05, 0) is 24.1 Å². The van der Waals surface area contributed by atoms with Gasteiger partial charge in [0.15, 0.2) is 0 Å². The van der Waals surface area contributed by atoms with Gasteiger partial charge in [0.1, 0.15) is 6.04 Å². The number of nitrogens with one attached hydrogen (secondary N) is 1. The molecule has 0 bridgehead atoms. The van der Waals surface area contributed by atoms with Crippen LogP contribution in [0.2, 0.25) is 10.0 Å². The van der Waals surface area contributed by atoms with E-state index in [0.717, 1.165) is 0 Å². The van der Waals surface area contributed by atoms with E-state index in [0.29, 0.717) is 43.3 Å². The normalized spacial score (nSPS) is 16.6. The highest BCUT2D eigenvalue weighted by Gasteiger charge is 2.31. The van der Waals surface area contributed by atoms with E-state index in [1.54, 1.807) is 17.0 Å². The van der Waals surface area contributed by atoms with Gasteiger partial charge in [-0.1, -0.05) is 37.0 Å². The number of carbonyl (C=O) groups excluding carboxylic acids is 2. The third-order valence-corrected chi connectivity index (χ3v) is 5.04. The van der Waals surface area contributed by atoms with Gasteiger partial charge in [0.05, 0.1) is 17.2 Å². The van der Waals surface area contributed by atoms with Crippen molar-refractivity contribution in [2.24, 2.45) is 5.92 Å². The minimum Gasteiger partial charge on any atom is -0.395 e. The van der Waals surface area contributed by atoms with Crippen LogP contribution in [0.15, 0.2) is 18.2 Å². The minimum absolute atomic E-state index is 0.0620. The van der Waals surface area contributed by atoms with E-state index < -0.39 is 11.9 Å². The summed E-state index contributed by atoms with van der Waals surface area (Å²) in [5.41, 5.74) is 0.294. The molecule has 6 nitrogen and oxygen atoms in total. The van der Waals surface area contributed by atoms with E-state index in [1.807, 2.05) is 13.8 Å². The summed E-state index contributed by atoms with van der Waals surface area (Å²) < 4.78 is 0. The molecule has 1 saturated heterocycles. The number of hydrogen-bond acceptors (Lipinski definition) is 4. The van der Waals surface area contributed by atoms with Crippen LogP contribution in [0.3, 0.4) is 0 Å². The number of β-amino-alcohol motifs (C(OH)–C–C–N with tert-alkyl or cyclic N) is 1. The van der Waals surface area contributed by atoms with E-state index in [2.05, 4.69) is 10.2 Å². The van der Waals surface area contributed by atoms with Crippen LogP contribution in [0.4, 0.5) is 0 Å². The first kappa shape index (κ1) is 21.0. The van der Waals surface area contributed by atoms with Crippen molar-refractivity contribution < 1.29 is 14.7 Å². The summed E-state index contributed by atoms with van der Waals surface area (Å²) >= 11 is 12.0. The molecule has 2 amide bonds. The Labute approximate surface area is 164 Å². The topological polar surface area (TPSA) is 72.9 Å². The highest BCUT2D eigenvalue weighted by molar-refractivity contribution is 6.36. The fourth-order valence-electron chi connectivity index (χ4n) is 2.94. The molecule has 1 atom stereocenters. The summed E-state index contributed by atoms with van der Waals surface area (Å²) in [7, 11) is 0. The molecule has 0 aromatic heterocycles. The van der Waals surface area contributed by atoms with Gasteiger partial charge in [-0.2, -0.15) is 0 Å². The average Bonchev–Trinajstić information content (AvgIpc) is 2.59. The van der Waals surface area contributed by atoms with E-state index >= 15 is 0 Å². The van der Waals surface area contributed by atoms with E-state index in [1.165, 1.54) is 6.07 Å². The first-order valence-electron chi connectivity index (χ1n) is 8.71. The van der Waals surface area contributed by atoms with Crippen LogP contribution in [0.1, 0.15) is 24.2 Å². The summed E-state index contributed by atoms with van der Waals surface area (Å²) in [6.45, 7) is 7.12. The molecule has 1 unspecified atom stereocenters. The molecule has 1 aromatic carbocycles. The molecule has 2 N–H and O–H groups in total. The highest BCUT2D eigenvalue weighted by atomic mass is 35.5. The molecule has 1 aliphatic rings. The Morgan fingerprint density at radius 1 is 1.19 bits per heavy atom. The Morgan fingerprint density at radius 3 is 2.38 bits per heavy atom. The summed E-state index contributed by atoms with van der Waals surface area (Å²) in [6, 6.07) is 4.02. The maximum Gasteiger partial charge on any atom is 0.253 e. The van der Waals surface area contributed by atoms with Gasteiger partial charge < -0.3 is 15.3 Å². The van der Waals surface area contributed by atoms with Crippen molar-refractivity contribution in [1.82, 2.24) is 15.1 Å². The zero-order valence-corrected chi connectivity index (χ0v) is 16.6. The number of piperazine rings is 1. The summed E-state index contributed by atoms with van der Waals surface area (Å²) in [5.74, 6) is -0.548. The molecule has 2 rings (SSSR count). The number of hydrogen-bond donors (Lipinski definition) is 2. The SMILES string of the molecule is CC(C)C(NC(=O)c1ccc(Cl)cc1Cl)C(=O)N1CCN(CCO)CC1. The Hall–Kier alpha value is -1.34. The first-order chi connectivity index (χ1) is 12.3. The Balaban J connectivity index is 2.04. The molecular weight excluding hydrogens is 377 g/mol. The van der Waals surface area contributed by atoms with Crippen molar-refractivity contribution in [1.29, 1.82) is 0 Å². The third kappa shape index (κ3) is 5.33. The highest BCUT2D eigenvalue weighted by Crippen LogP contribution is 2.21. The molecule has 1 fully saturated rings. The fraction of sp³-hybridized carbons (Fsp3) is 0.556. The summed E-state index contributed by atoms with van der Waals surface area (Å²) in [6.07, 6.45) is 0. The molecule has 0 spiro atoms. The number of aliphatic hydroxyl groups excluding tert-OH is 1. The number of amides is 2. The second-order valence-electron chi connectivity index (χ2n) is 6.71. The average molecular weight is 402 g/mol. The number of aliphatic hydroxyl groups is 1. The Morgan fingerprint density at radius 2 is 1.85 bits per heavy atom. The van der Waals surface area contributed by atoms with Gasteiger partial charge in [0, 0.05) is 37.7 Å². The molecule has 1 aliphatic heterocycles. The van der Waals surface area contributed by atoms with E-state index in [9.17, 15) is 9.59 Å². The second-order valence-corrected chi connectivity index (χ2v) is 7.55. The molecule has 0 aliphatic carbocycles. The molecule has 0 radical (unpaired) electrons. The third-order valence-electron chi connectivity index (χ3n) is 4.50. The van der Waals surface area contributed by atoms with Crippen LogP contribution in [-0.2, 0) is 4.79 Å². The van der Waals surface area contributed by atoms with Gasteiger partial charge in [-0.25, -0.2) is 0 Å². The maximum atomic E-state index is 12.9. The fourth-order valence-corrected chi connectivity index (χ4v) is 3.43. The standard InChI is InChI=1S/C18H25Cl2N3O3/c1-12(2)16(18(26)23-7-5-22(6-8-23)9-10-24)21-17(25)14-4-3-13(19)11-15(14)20/h3-4,11-12,16,24H,5-10H2,1-2H3,(H,21,25). The van der Waals surface area contributed by atoms with Crippen molar-refractivity contribution >= 4 is 35.0 Å².